The summed E-state index contributed by atoms with van der Waals surface area (Å²) in [6.45, 7) is 0. The lowest BCUT2D eigenvalue weighted by Gasteiger charge is -2.05. The largest absolute Gasteiger partial charge is 0.497 e. The third-order valence-corrected chi connectivity index (χ3v) is 2.40. The van der Waals surface area contributed by atoms with Crippen molar-refractivity contribution in [3.63, 3.8) is 0 Å². The van der Waals surface area contributed by atoms with E-state index in [1.54, 1.807) is 24.3 Å². The predicted molar refractivity (Wildman–Crippen MR) is 66.6 cm³/mol. The monoisotopic (exact) mass is 261 g/mol. The van der Waals surface area contributed by atoms with E-state index in [9.17, 15) is 9.59 Å². The van der Waals surface area contributed by atoms with E-state index < -0.39 is 11.9 Å². The third-order valence-electron chi connectivity index (χ3n) is 2.40. The van der Waals surface area contributed by atoms with Gasteiger partial charge in [-0.1, -0.05) is 6.07 Å². The van der Waals surface area contributed by atoms with Crippen LogP contribution in [0.4, 0.5) is 5.69 Å². The first-order valence-electron chi connectivity index (χ1n) is 5.37. The standard InChI is InChI=1S/C13H11NO5/c1-18-10-4-2-3-9(6-10)14-12(15)11-5-8(7-19-11)13(16)17/h2-7H,1H3,(H,14,15)(H,16,17). The number of benzene rings is 1. The van der Waals surface area contributed by atoms with Crippen molar-refractivity contribution in [3.05, 3.63) is 47.9 Å². The van der Waals surface area contributed by atoms with E-state index in [1.165, 1.54) is 7.11 Å². The fourth-order valence-electron chi connectivity index (χ4n) is 1.46. The number of carboxylic acid groups (broad SMARTS) is 1. The minimum Gasteiger partial charge on any atom is -0.497 e. The Morgan fingerprint density at radius 3 is 2.74 bits per heavy atom. The summed E-state index contributed by atoms with van der Waals surface area (Å²) >= 11 is 0. The van der Waals surface area contributed by atoms with Crippen molar-refractivity contribution >= 4 is 17.6 Å². The highest BCUT2D eigenvalue weighted by molar-refractivity contribution is 6.03. The molecule has 0 saturated heterocycles. The van der Waals surface area contributed by atoms with Gasteiger partial charge in [-0.05, 0) is 12.1 Å². The molecule has 0 spiro atoms. The fraction of sp³-hybridized carbons (Fsp3) is 0.0769. The van der Waals surface area contributed by atoms with Crippen molar-refractivity contribution in [2.45, 2.75) is 0 Å². The number of ether oxygens (including phenoxy) is 1. The second-order valence-corrected chi connectivity index (χ2v) is 3.69. The lowest BCUT2D eigenvalue weighted by atomic mass is 10.2. The van der Waals surface area contributed by atoms with Crippen molar-refractivity contribution in [2.75, 3.05) is 12.4 Å². The molecule has 1 heterocycles. The van der Waals surface area contributed by atoms with Crippen LogP contribution in [-0.4, -0.2) is 24.1 Å². The molecule has 0 unspecified atom stereocenters. The lowest BCUT2D eigenvalue weighted by Crippen LogP contribution is -2.10. The molecule has 0 fully saturated rings. The van der Waals surface area contributed by atoms with Gasteiger partial charge in [-0.15, -0.1) is 0 Å². The molecule has 0 bridgehead atoms. The minimum atomic E-state index is -1.15. The quantitative estimate of drug-likeness (QED) is 0.881. The van der Waals surface area contributed by atoms with E-state index in [0.717, 1.165) is 12.3 Å². The molecule has 19 heavy (non-hydrogen) atoms. The number of hydrogen-bond donors (Lipinski definition) is 2. The van der Waals surface area contributed by atoms with E-state index >= 15 is 0 Å². The Hall–Kier alpha value is -2.76. The summed E-state index contributed by atoms with van der Waals surface area (Å²) in [6, 6.07) is 7.95. The van der Waals surface area contributed by atoms with Gasteiger partial charge in [0.25, 0.3) is 5.91 Å². The number of hydrogen-bond acceptors (Lipinski definition) is 4. The molecule has 1 aromatic heterocycles. The molecule has 0 aliphatic carbocycles. The van der Waals surface area contributed by atoms with Crippen LogP contribution < -0.4 is 10.1 Å². The molecule has 0 aliphatic rings. The van der Waals surface area contributed by atoms with E-state index in [2.05, 4.69) is 5.32 Å². The summed E-state index contributed by atoms with van der Waals surface area (Å²) in [4.78, 5) is 22.5. The topological polar surface area (TPSA) is 88.8 Å². The number of methoxy groups -OCH3 is 1. The summed E-state index contributed by atoms with van der Waals surface area (Å²) in [5.41, 5.74) is 0.452. The van der Waals surface area contributed by atoms with Gasteiger partial charge in [0.1, 0.15) is 12.0 Å². The van der Waals surface area contributed by atoms with E-state index in [4.69, 9.17) is 14.3 Å². The molecule has 6 nitrogen and oxygen atoms in total. The lowest BCUT2D eigenvalue weighted by molar-refractivity contribution is 0.0696. The highest BCUT2D eigenvalue weighted by atomic mass is 16.5. The first-order valence-corrected chi connectivity index (χ1v) is 5.37. The van der Waals surface area contributed by atoms with E-state index in [-0.39, 0.29) is 11.3 Å². The summed E-state index contributed by atoms with van der Waals surface area (Å²) in [5, 5.41) is 11.3. The smallest absolute Gasteiger partial charge is 0.338 e. The summed E-state index contributed by atoms with van der Waals surface area (Å²) in [5.74, 6) is -1.14. The van der Waals surface area contributed by atoms with Crippen molar-refractivity contribution in [1.82, 2.24) is 0 Å². The second kappa shape index (κ2) is 5.26. The van der Waals surface area contributed by atoms with Gasteiger partial charge in [0, 0.05) is 17.8 Å². The van der Waals surface area contributed by atoms with Gasteiger partial charge < -0.3 is 19.6 Å². The highest BCUT2D eigenvalue weighted by Gasteiger charge is 2.14. The molecule has 2 aromatic rings. The Labute approximate surface area is 108 Å². The molecular formula is C13H11NO5. The molecule has 2 N–H and O–H groups in total. The van der Waals surface area contributed by atoms with Gasteiger partial charge in [0.05, 0.1) is 12.7 Å². The number of furan rings is 1. The van der Waals surface area contributed by atoms with Gasteiger partial charge in [0.15, 0.2) is 5.76 Å². The van der Waals surface area contributed by atoms with E-state index in [1.807, 2.05) is 0 Å². The number of aromatic carboxylic acids is 1. The van der Waals surface area contributed by atoms with E-state index in [0.29, 0.717) is 11.4 Å². The number of anilines is 1. The van der Waals surface area contributed by atoms with Crippen LogP contribution in [0.3, 0.4) is 0 Å². The van der Waals surface area contributed by atoms with Crippen molar-refractivity contribution in [1.29, 1.82) is 0 Å². The zero-order valence-electron chi connectivity index (χ0n) is 10.0. The molecule has 2 rings (SSSR count). The third kappa shape index (κ3) is 2.92. The predicted octanol–water partition coefficient (Wildman–Crippen LogP) is 2.24. The van der Waals surface area contributed by atoms with Crippen LogP contribution >= 0.6 is 0 Å². The van der Waals surface area contributed by atoms with Crippen LogP contribution in [0, 0.1) is 0 Å². The Bertz CT molecular complexity index is 617. The van der Waals surface area contributed by atoms with Gasteiger partial charge in [-0.2, -0.15) is 0 Å². The molecule has 98 valence electrons. The minimum absolute atomic E-state index is 0.0692. The first-order chi connectivity index (χ1) is 9.10. The Morgan fingerprint density at radius 1 is 1.32 bits per heavy atom. The van der Waals surface area contributed by atoms with Crippen LogP contribution in [0.2, 0.25) is 0 Å². The highest BCUT2D eigenvalue weighted by Crippen LogP contribution is 2.18. The number of carbonyl (C=O) groups excluding carboxylic acids is 1. The van der Waals surface area contributed by atoms with Gasteiger partial charge >= 0.3 is 5.97 Å². The Morgan fingerprint density at radius 2 is 2.11 bits per heavy atom. The maximum Gasteiger partial charge on any atom is 0.338 e. The molecular weight excluding hydrogens is 250 g/mol. The Kier molecular flexibility index (Phi) is 3.51. The maximum atomic E-state index is 11.8. The normalized spacial score (nSPS) is 9.95. The van der Waals surface area contributed by atoms with Crippen LogP contribution in [-0.2, 0) is 0 Å². The van der Waals surface area contributed by atoms with Gasteiger partial charge in [-0.3, -0.25) is 4.79 Å². The number of carboxylic acids is 1. The molecule has 0 atom stereocenters. The zero-order valence-corrected chi connectivity index (χ0v) is 10.0. The summed E-state index contributed by atoms with van der Waals surface area (Å²) in [7, 11) is 1.52. The second-order valence-electron chi connectivity index (χ2n) is 3.69. The van der Waals surface area contributed by atoms with Gasteiger partial charge in [0.2, 0.25) is 0 Å². The molecule has 1 amide bonds. The number of rotatable bonds is 4. The molecule has 6 heteroatoms. The van der Waals surface area contributed by atoms with Crippen molar-refractivity contribution in [2.24, 2.45) is 0 Å². The van der Waals surface area contributed by atoms with Crippen LogP contribution in [0.25, 0.3) is 0 Å². The van der Waals surface area contributed by atoms with Crippen LogP contribution in [0.15, 0.2) is 41.0 Å². The van der Waals surface area contributed by atoms with Crippen LogP contribution in [0.5, 0.6) is 5.75 Å². The number of amides is 1. The van der Waals surface area contributed by atoms with Crippen LogP contribution in [0.1, 0.15) is 20.9 Å². The maximum absolute atomic E-state index is 11.8. The van der Waals surface area contributed by atoms with Gasteiger partial charge in [-0.25, -0.2) is 4.79 Å². The Balaban J connectivity index is 2.13. The molecule has 0 radical (unpaired) electrons. The average Bonchev–Trinajstić information content (AvgIpc) is 2.89. The first kappa shape index (κ1) is 12.7. The number of nitrogens with one attached hydrogen (secondary N) is 1. The summed E-state index contributed by atoms with van der Waals surface area (Å²) in [6.07, 6.45) is 1.02. The summed E-state index contributed by atoms with van der Waals surface area (Å²) < 4.78 is 9.92. The SMILES string of the molecule is COc1cccc(NC(=O)c2cc(C(=O)O)co2)c1. The average molecular weight is 261 g/mol. The molecule has 1 aromatic carbocycles. The molecule has 0 aliphatic heterocycles. The number of carbonyl (C=O) groups is 2. The molecule has 0 saturated carbocycles. The van der Waals surface area contributed by atoms with Crippen molar-refractivity contribution in [3.8, 4) is 5.75 Å². The fourth-order valence-corrected chi connectivity index (χ4v) is 1.46. The van der Waals surface area contributed by atoms with Crippen molar-refractivity contribution < 1.29 is 23.8 Å². The zero-order chi connectivity index (χ0) is 13.8.